The van der Waals surface area contributed by atoms with E-state index in [1.165, 1.54) is 154 Å². The maximum atomic E-state index is 12.5. The number of hydrogen-bond donors (Lipinski definition) is 0. The maximum absolute atomic E-state index is 12.5. The molecule has 50 heavy (non-hydrogen) atoms. The molecule has 2 atom stereocenters. The fraction of sp³-hybridized carbons (Fsp3) is 0.950. The number of nitrogens with zero attached hydrogens (tertiary/aromatic N) is 1. The fourth-order valence-electron chi connectivity index (χ4n) is 6.19. The molecule has 296 valence electrons. The fourth-order valence-corrected chi connectivity index (χ4v) is 6.76. The molecular weight excluding hydrogens is 653 g/mol. The summed E-state index contributed by atoms with van der Waals surface area (Å²) in [6.45, 7) is 3.85. The van der Waals surface area contributed by atoms with Gasteiger partial charge in [-0.15, -0.1) is 4.91 Å². The average molecular weight is 732 g/mol. The van der Waals surface area contributed by atoms with E-state index in [0.29, 0.717) is 6.42 Å². The summed E-state index contributed by atoms with van der Waals surface area (Å²) in [5.41, 5.74) is 0. The topological polar surface area (TPSA) is 118 Å². The van der Waals surface area contributed by atoms with Crippen LogP contribution < -0.4 is 0 Å². The van der Waals surface area contributed by atoms with Gasteiger partial charge in [0.1, 0.15) is 6.61 Å². The van der Waals surface area contributed by atoms with Crippen LogP contribution in [-0.4, -0.2) is 38.4 Å². The molecule has 0 aromatic heterocycles. The summed E-state index contributed by atoms with van der Waals surface area (Å²) in [5.74, 6) is -0.829. The van der Waals surface area contributed by atoms with E-state index in [1.54, 1.807) is 0 Å². The molecule has 0 aliphatic heterocycles. The second-order valence-corrected chi connectivity index (χ2v) is 15.9. The van der Waals surface area contributed by atoms with E-state index in [4.69, 9.17) is 14.0 Å². The Balaban J connectivity index is 4.06. The van der Waals surface area contributed by atoms with Crippen LogP contribution in [0.3, 0.4) is 0 Å². The van der Waals surface area contributed by atoms with Gasteiger partial charge in [-0.3, -0.25) is 18.6 Å². The van der Waals surface area contributed by atoms with Gasteiger partial charge in [-0.1, -0.05) is 194 Å². The average Bonchev–Trinajstić information content (AvgIpc) is 3.12. The molecule has 0 amide bonds. The van der Waals surface area contributed by atoms with Crippen LogP contribution in [0, 0.1) is 4.91 Å². The molecule has 0 bridgehead atoms. The zero-order valence-electron chi connectivity index (χ0n) is 32.8. The highest BCUT2D eigenvalue weighted by molar-refractivity contribution is 7.52. The number of hydrogen-bond acceptors (Lipinski definition) is 8. The van der Waals surface area contributed by atoms with Crippen LogP contribution in [0.4, 0.5) is 0 Å². The molecule has 0 heterocycles. The summed E-state index contributed by atoms with van der Waals surface area (Å²) in [6.07, 6.45) is 36.9. The van der Waals surface area contributed by atoms with Crippen LogP contribution in [0.1, 0.15) is 219 Å². The van der Waals surface area contributed by atoms with E-state index in [9.17, 15) is 19.1 Å². The first kappa shape index (κ1) is 48.7. The molecule has 0 aliphatic rings. The van der Waals surface area contributed by atoms with Crippen LogP contribution in [0.15, 0.2) is 4.95 Å². The van der Waals surface area contributed by atoms with Crippen molar-refractivity contribution in [3.05, 3.63) is 4.91 Å². The van der Waals surface area contributed by atoms with Crippen molar-refractivity contribution in [3.63, 3.8) is 0 Å². The second kappa shape index (κ2) is 37.4. The normalized spacial score (nSPS) is 13.2. The van der Waals surface area contributed by atoms with Gasteiger partial charge in [-0.25, -0.2) is 4.57 Å². The molecule has 0 rings (SSSR count). The van der Waals surface area contributed by atoms with Gasteiger partial charge in [0, 0.05) is 24.9 Å². The standard InChI is InChI=1S/C40H78NO8P/c1-4-6-8-10-12-14-16-18-20-22-24-26-28-30-32-34-39(42)47-36-38(37-48-50(45,41-44)46-3)49-40(43)35-33-31-29-27-25-23-21-19-17-15-13-11-9-7-5-2/h38H,4-37H2,1-3H3. The Morgan fingerprint density at radius 3 is 1.14 bits per heavy atom. The lowest BCUT2D eigenvalue weighted by molar-refractivity contribution is -0.161. The van der Waals surface area contributed by atoms with Gasteiger partial charge in [0.2, 0.25) is 0 Å². The van der Waals surface area contributed by atoms with Gasteiger partial charge in [0.05, 0.1) is 6.61 Å². The van der Waals surface area contributed by atoms with Gasteiger partial charge < -0.3 is 9.47 Å². The quantitative estimate of drug-likeness (QED) is 0.0264. The van der Waals surface area contributed by atoms with Gasteiger partial charge in [0.15, 0.2) is 6.10 Å². The number of esters is 2. The van der Waals surface area contributed by atoms with Gasteiger partial charge in [-0.2, -0.15) is 0 Å². The van der Waals surface area contributed by atoms with Crippen molar-refractivity contribution in [2.75, 3.05) is 20.3 Å². The highest BCUT2D eigenvalue weighted by atomic mass is 31.2. The molecule has 0 saturated heterocycles. The highest BCUT2D eigenvalue weighted by Crippen LogP contribution is 2.48. The molecule has 0 spiro atoms. The molecule has 2 unspecified atom stereocenters. The first-order valence-electron chi connectivity index (χ1n) is 20.9. The summed E-state index contributed by atoms with van der Waals surface area (Å²) in [6, 6.07) is 0. The van der Waals surface area contributed by atoms with Gasteiger partial charge in [-0.05, 0) is 12.8 Å². The largest absolute Gasteiger partial charge is 0.489 e. The monoisotopic (exact) mass is 732 g/mol. The summed E-state index contributed by atoms with van der Waals surface area (Å²) in [4.78, 5) is 38.2. The van der Waals surface area contributed by atoms with Crippen molar-refractivity contribution in [2.45, 2.75) is 225 Å². The molecule has 0 aliphatic carbocycles. The maximum Gasteiger partial charge on any atom is 0.489 e. The van der Waals surface area contributed by atoms with E-state index < -0.39 is 26.4 Å². The van der Waals surface area contributed by atoms with Crippen LogP contribution in [0.5, 0.6) is 0 Å². The second-order valence-electron chi connectivity index (χ2n) is 14.2. The molecule has 0 N–H and O–H groups in total. The van der Waals surface area contributed by atoms with E-state index in [-0.39, 0.29) is 25.4 Å². The predicted molar refractivity (Wildman–Crippen MR) is 206 cm³/mol. The van der Waals surface area contributed by atoms with Crippen molar-refractivity contribution in [1.82, 2.24) is 0 Å². The molecule has 0 radical (unpaired) electrons. The number of carbonyl (C=O) groups is 2. The lowest BCUT2D eigenvalue weighted by atomic mass is 10.0. The molecule has 9 nitrogen and oxygen atoms in total. The van der Waals surface area contributed by atoms with Crippen molar-refractivity contribution in [2.24, 2.45) is 4.95 Å². The Labute approximate surface area is 307 Å². The van der Waals surface area contributed by atoms with Crippen molar-refractivity contribution in [1.29, 1.82) is 0 Å². The van der Waals surface area contributed by atoms with Crippen LogP contribution in [-0.2, 0) is 32.7 Å². The lowest BCUT2D eigenvalue weighted by Crippen LogP contribution is -2.29. The number of carbonyl (C=O) groups excluding carboxylic acids is 2. The Kier molecular flexibility index (Phi) is 36.5. The number of nitroso groups, excluding NO2 is 1. The van der Waals surface area contributed by atoms with E-state index in [2.05, 4.69) is 23.3 Å². The third kappa shape index (κ3) is 33.8. The molecule has 0 fully saturated rings. The Hall–Kier alpha value is -1.31. The van der Waals surface area contributed by atoms with Crippen molar-refractivity contribution in [3.8, 4) is 0 Å². The molecular formula is C40H78NO8P. The summed E-state index contributed by atoms with van der Waals surface area (Å²) < 4.78 is 32.5. The highest BCUT2D eigenvalue weighted by Gasteiger charge is 2.28. The minimum Gasteiger partial charge on any atom is -0.462 e. The van der Waals surface area contributed by atoms with Crippen molar-refractivity contribution >= 4 is 19.7 Å². The Morgan fingerprint density at radius 1 is 0.500 bits per heavy atom. The summed E-state index contributed by atoms with van der Waals surface area (Å²) in [7, 11) is -3.14. The SMILES string of the molecule is CCCCCCCCCCCCCCCCCC(=O)OCC(COP(=O)(N=O)OC)OC(=O)CCCCCCCCCCCCCCCCC. The van der Waals surface area contributed by atoms with E-state index >= 15 is 0 Å². The predicted octanol–water partition coefficient (Wildman–Crippen LogP) is 13.5. The van der Waals surface area contributed by atoms with Gasteiger partial charge in [0.25, 0.3) is 0 Å². The number of ether oxygens (including phenoxy) is 2. The zero-order valence-corrected chi connectivity index (χ0v) is 33.7. The number of unbranched alkanes of at least 4 members (excludes halogenated alkanes) is 28. The minimum absolute atomic E-state index is 0.232. The van der Waals surface area contributed by atoms with E-state index in [1.807, 2.05) is 0 Å². The van der Waals surface area contributed by atoms with Crippen LogP contribution >= 0.6 is 7.75 Å². The lowest BCUT2D eigenvalue weighted by Gasteiger charge is -2.19. The molecule has 0 aromatic rings. The molecule has 10 heteroatoms. The Bertz CT molecular complexity index is 827. The zero-order chi connectivity index (χ0) is 36.8. The first-order valence-corrected chi connectivity index (χ1v) is 22.4. The van der Waals surface area contributed by atoms with Crippen molar-refractivity contribution < 1.29 is 32.7 Å². The summed E-state index contributed by atoms with van der Waals surface area (Å²) in [5, 5.41) is 0. The third-order valence-electron chi connectivity index (χ3n) is 9.45. The van der Waals surface area contributed by atoms with Crippen LogP contribution in [0.25, 0.3) is 0 Å². The van der Waals surface area contributed by atoms with E-state index in [0.717, 1.165) is 39.2 Å². The van der Waals surface area contributed by atoms with Gasteiger partial charge >= 0.3 is 19.7 Å². The first-order chi connectivity index (χ1) is 24.4. The Morgan fingerprint density at radius 2 is 0.820 bits per heavy atom. The minimum atomic E-state index is -4.19. The smallest absolute Gasteiger partial charge is 0.462 e. The molecule has 0 aromatic carbocycles. The van der Waals surface area contributed by atoms with Crippen LogP contribution in [0.2, 0.25) is 0 Å². The molecule has 0 saturated carbocycles. The number of rotatable bonds is 40. The third-order valence-corrected chi connectivity index (χ3v) is 10.6. The summed E-state index contributed by atoms with van der Waals surface area (Å²) >= 11 is 0.